The minimum absolute atomic E-state index is 0.321. The van der Waals surface area contributed by atoms with Gasteiger partial charge in [0.25, 0.3) is 0 Å². The quantitative estimate of drug-likeness (QED) is 0.899. The predicted octanol–water partition coefficient (Wildman–Crippen LogP) is 3.70. The third-order valence-electron chi connectivity index (χ3n) is 3.42. The molecule has 0 atom stereocenters. The normalized spacial score (nSPS) is 14.0. The number of fused-ring (bicyclic) bond motifs is 1. The summed E-state index contributed by atoms with van der Waals surface area (Å²) in [5.41, 5.74) is 1.54. The molecule has 100 valence electrons. The number of ether oxygens (including phenoxy) is 2. The molecule has 0 saturated carbocycles. The van der Waals surface area contributed by atoms with E-state index in [1.54, 1.807) is 0 Å². The molecule has 0 unspecified atom stereocenters. The lowest BCUT2D eigenvalue weighted by Gasteiger charge is -2.23. The average molecular weight is 314 g/mol. The zero-order valence-electron chi connectivity index (χ0n) is 11.2. The van der Waals surface area contributed by atoms with Gasteiger partial charge < -0.3 is 14.8 Å². The fourth-order valence-corrected chi connectivity index (χ4v) is 2.22. The lowest BCUT2D eigenvalue weighted by atomic mass is 9.90. The first kappa shape index (κ1) is 13.7. The van der Waals surface area contributed by atoms with Crippen molar-refractivity contribution in [3.8, 4) is 11.5 Å². The summed E-state index contributed by atoms with van der Waals surface area (Å²) in [6.45, 7) is 8.92. The highest BCUT2D eigenvalue weighted by atomic mass is 79.9. The van der Waals surface area contributed by atoms with Crippen molar-refractivity contribution in [1.29, 1.82) is 0 Å². The molecule has 18 heavy (non-hydrogen) atoms. The molecule has 0 fully saturated rings. The summed E-state index contributed by atoms with van der Waals surface area (Å²) in [7, 11) is 0. The average Bonchev–Trinajstić information content (AvgIpc) is 2.76. The molecule has 0 amide bonds. The van der Waals surface area contributed by atoms with Gasteiger partial charge in [-0.3, -0.25) is 0 Å². The van der Waals surface area contributed by atoms with Gasteiger partial charge in [-0.2, -0.15) is 0 Å². The molecule has 0 bridgehead atoms. The van der Waals surface area contributed by atoms with Crippen molar-refractivity contribution in [2.45, 2.75) is 33.7 Å². The molecule has 0 aromatic heterocycles. The number of rotatable bonds is 5. The Bertz CT molecular complexity index is 432. The van der Waals surface area contributed by atoms with E-state index in [1.807, 2.05) is 12.1 Å². The number of nitrogens with one attached hydrogen (secondary N) is 1. The standard InChI is InChI=1S/C14H20BrNO2/c1-4-14(2,3)8-16-7-10-5-12-13(6-11(10)15)18-9-17-12/h5-6,16H,4,7-9H2,1-3H3. The molecule has 1 aromatic carbocycles. The van der Waals surface area contributed by atoms with Crippen LogP contribution in [0, 0.1) is 5.41 Å². The van der Waals surface area contributed by atoms with Crippen molar-refractivity contribution in [2.24, 2.45) is 5.41 Å². The van der Waals surface area contributed by atoms with Gasteiger partial charge in [-0.05, 0) is 29.5 Å². The highest BCUT2D eigenvalue weighted by Gasteiger charge is 2.17. The molecular formula is C14H20BrNO2. The molecule has 0 radical (unpaired) electrons. The van der Waals surface area contributed by atoms with E-state index in [2.05, 4.69) is 42.0 Å². The molecule has 4 heteroatoms. The van der Waals surface area contributed by atoms with E-state index in [0.717, 1.165) is 29.1 Å². The summed E-state index contributed by atoms with van der Waals surface area (Å²) in [5, 5.41) is 3.50. The monoisotopic (exact) mass is 313 g/mol. The van der Waals surface area contributed by atoms with Crippen LogP contribution in [0.25, 0.3) is 0 Å². The number of hydrogen-bond donors (Lipinski definition) is 1. The van der Waals surface area contributed by atoms with Crippen molar-refractivity contribution in [1.82, 2.24) is 5.32 Å². The van der Waals surface area contributed by atoms with Gasteiger partial charge in [-0.15, -0.1) is 0 Å². The Balaban J connectivity index is 1.98. The van der Waals surface area contributed by atoms with Crippen LogP contribution in [-0.2, 0) is 6.54 Å². The van der Waals surface area contributed by atoms with Crippen LogP contribution in [-0.4, -0.2) is 13.3 Å². The van der Waals surface area contributed by atoms with Crippen molar-refractivity contribution in [2.75, 3.05) is 13.3 Å². The smallest absolute Gasteiger partial charge is 0.231 e. The van der Waals surface area contributed by atoms with Crippen LogP contribution in [0.5, 0.6) is 11.5 Å². The molecule has 0 spiro atoms. The minimum atomic E-state index is 0.321. The van der Waals surface area contributed by atoms with Gasteiger partial charge in [-0.1, -0.05) is 36.7 Å². The molecule has 1 aliphatic heterocycles. The van der Waals surface area contributed by atoms with Crippen molar-refractivity contribution < 1.29 is 9.47 Å². The Kier molecular flexibility index (Phi) is 4.17. The molecule has 1 heterocycles. The predicted molar refractivity (Wildman–Crippen MR) is 76.0 cm³/mol. The number of benzene rings is 1. The van der Waals surface area contributed by atoms with E-state index in [0.29, 0.717) is 12.2 Å². The zero-order valence-corrected chi connectivity index (χ0v) is 12.8. The van der Waals surface area contributed by atoms with E-state index < -0.39 is 0 Å². The lowest BCUT2D eigenvalue weighted by Crippen LogP contribution is -2.28. The molecule has 0 saturated heterocycles. The Morgan fingerprint density at radius 2 is 1.94 bits per heavy atom. The molecule has 2 rings (SSSR count). The van der Waals surface area contributed by atoms with Crippen molar-refractivity contribution in [3.05, 3.63) is 22.2 Å². The largest absolute Gasteiger partial charge is 0.454 e. The third-order valence-corrected chi connectivity index (χ3v) is 4.16. The second-order valence-corrected chi connectivity index (χ2v) is 6.27. The summed E-state index contributed by atoms with van der Waals surface area (Å²) in [5.74, 6) is 1.66. The number of hydrogen-bond acceptors (Lipinski definition) is 3. The molecule has 3 nitrogen and oxygen atoms in total. The van der Waals surface area contributed by atoms with Crippen LogP contribution in [0.4, 0.5) is 0 Å². The fraction of sp³-hybridized carbons (Fsp3) is 0.571. The first-order chi connectivity index (χ1) is 8.52. The maximum absolute atomic E-state index is 5.39. The molecule has 1 aliphatic rings. The summed E-state index contributed by atoms with van der Waals surface area (Å²) in [6, 6.07) is 4.02. The molecule has 1 N–H and O–H groups in total. The molecule has 1 aromatic rings. The van der Waals surface area contributed by atoms with Crippen LogP contribution >= 0.6 is 15.9 Å². The van der Waals surface area contributed by atoms with Gasteiger partial charge in [0.15, 0.2) is 11.5 Å². The maximum atomic E-state index is 5.39. The Morgan fingerprint density at radius 3 is 2.61 bits per heavy atom. The Morgan fingerprint density at radius 1 is 1.28 bits per heavy atom. The minimum Gasteiger partial charge on any atom is -0.454 e. The van der Waals surface area contributed by atoms with Crippen molar-refractivity contribution >= 4 is 15.9 Å². The van der Waals surface area contributed by atoms with Crippen LogP contribution < -0.4 is 14.8 Å². The van der Waals surface area contributed by atoms with Crippen molar-refractivity contribution in [3.63, 3.8) is 0 Å². The van der Waals surface area contributed by atoms with E-state index in [-0.39, 0.29) is 0 Å². The van der Waals surface area contributed by atoms with E-state index in [9.17, 15) is 0 Å². The van der Waals surface area contributed by atoms with Crippen LogP contribution in [0.15, 0.2) is 16.6 Å². The maximum Gasteiger partial charge on any atom is 0.231 e. The number of halogens is 1. The second kappa shape index (κ2) is 5.49. The van der Waals surface area contributed by atoms with E-state index in [4.69, 9.17) is 9.47 Å². The SMILES string of the molecule is CCC(C)(C)CNCc1cc2c(cc1Br)OCO2. The Hall–Kier alpha value is -0.740. The van der Waals surface area contributed by atoms with Crippen LogP contribution in [0.2, 0.25) is 0 Å². The van der Waals surface area contributed by atoms with Gasteiger partial charge >= 0.3 is 0 Å². The Labute approximate surface area is 117 Å². The fourth-order valence-electron chi connectivity index (χ4n) is 1.76. The molecule has 0 aliphatic carbocycles. The van der Waals surface area contributed by atoms with Gasteiger partial charge in [0.2, 0.25) is 6.79 Å². The highest BCUT2D eigenvalue weighted by Crippen LogP contribution is 2.36. The first-order valence-corrected chi connectivity index (χ1v) is 7.10. The van der Waals surface area contributed by atoms with E-state index >= 15 is 0 Å². The lowest BCUT2D eigenvalue weighted by molar-refractivity contribution is 0.174. The summed E-state index contributed by atoms with van der Waals surface area (Å²) >= 11 is 3.57. The van der Waals surface area contributed by atoms with Crippen LogP contribution in [0.3, 0.4) is 0 Å². The van der Waals surface area contributed by atoms with Gasteiger partial charge in [0.05, 0.1) is 0 Å². The molecular weight excluding hydrogens is 294 g/mol. The van der Waals surface area contributed by atoms with Crippen LogP contribution in [0.1, 0.15) is 32.8 Å². The zero-order chi connectivity index (χ0) is 13.2. The highest BCUT2D eigenvalue weighted by molar-refractivity contribution is 9.10. The van der Waals surface area contributed by atoms with Gasteiger partial charge in [-0.25, -0.2) is 0 Å². The second-order valence-electron chi connectivity index (χ2n) is 5.42. The summed E-state index contributed by atoms with van der Waals surface area (Å²) < 4.78 is 11.8. The first-order valence-electron chi connectivity index (χ1n) is 6.30. The van der Waals surface area contributed by atoms with Gasteiger partial charge in [0, 0.05) is 17.6 Å². The third kappa shape index (κ3) is 3.18. The summed E-state index contributed by atoms with van der Waals surface area (Å²) in [4.78, 5) is 0. The summed E-state index contributed by atoms with van der Waals surface area (Å²) in [6.07, 6.45) is 1.17. The van der Waals surface area contributed by atoms with E-state index in [1.165, 1.54) is 12.0 Å². The van der Waals surface area contributed by atoms with Gasteiger partial charge in [0.1, 0.15) is 0 Å². The topological polar surface area (TPSA) is 30.5 Å².